The van der Waals surface area contributed by atoms with Crippen molar-refractivity contribution in [3.63, 3.8) is 0 Å². The number of aromatic nitrogens is 1. The lowest BCUT2D eigenvalue weighted by molar-refractivity contribution is -0.114. The van der Waals surface area contributed by atoms with Crippen LogP contribution < -0.4 is 5.32 Å². The predicted octanol–water partition coefficient (Wildman–Crippen LogP) is 1.63. The quantitative estimate of drug-likeness (QED) is 0.751. The summed E-state index contributed by atoms with van der Waals surface area (Å²) in [6, 6.07) is 1.85. The van der Waals surface area contributed by atoms with Gasteiger partial charge >= 0.3 is 0 Å². The number of nitriles is 1. The molecule has 0 unspecified atom stereocenters. The maximum atomic E-state index is 10.6. The highest BCUT2D eigenvalue weighted by molar-refractivity contribution is 7.11. The molecule has 0 aliphatic rings. The zero-order valence-corrected chi connectivity index (χ0v) is 7.66. The van der Waals surface area contributed by atoms with Gasteiger partial charge in [0.1, 0.15) is 16.6 Å². The predicted molar refractivity (Wildman–Crippen MR) is 46.1 cm³/mol. The van der Waals surface area contributed by atoms with E-state index in [2.05, 4.69) is 9.69 Å². The Bertz CT molecular complexity index is 354. The van der Waals surface area contributed by atoms with Crippen molar-refractivity contribution >= 4 is 34.0 Å². The van der Waals surface area contributed by atoms with Crippen LogP contribution in [0.3, 0.4) is 0 Å². The number of hydrogen-bond acceptors (Lipinski definition) is 4. The lowest BCUT2D eigenvalue weighted by Crippen LogP contribution is -2.05. The number of amides is 1. The lowest BCUT2D eigenvalue weighted by Gasteiger charge is -1.94. The van der Waals surface area contributed by atoms with E-state index >= 15 is 0 Å². The molecule has 1 amide bonds. The van der Waals surface area contributed by atoms with Gasteiger partial charge in [-0.05, 0) is 11.5 Å². The Morgan fingerprint density at radius 1 is 1.83 bits per heavy atom. The van der Waals surface area contributed by atoms with Gasteiger partial charge < -0.3 is 5.32 Å². The standard InChI is InChI=1S/C6H4ClN3OS/c1-3(11)9-6-4(2-8)5(7)10-12-6/h1H3,(H,9,11). The highest BCUT2D eigenvalue weighted by Gasteiger charge is 2.11. The lowest BCUT2D eigenvalue weighted by atomic mass is 10.4. The number of nitrogens with zero attached hydrogens (tertiary/aromatic N) is 2. The van der Waals surface area contributed by atoms with Gasteiger partial charge in [-0.3, -0.25) is 4.79 Å². The molecule has 0 bridgehead atoms. The fourth-order valence-electron chi connectivity index (χ4n) is 0.613. The Morgan fingerprint density at radius 2 is 2.50 bits per heavy atom. The molecule has 0 radical (unpaired) electrons. The number of nitrogens with one attached hydrogen (secondary N) is 1. The summed E-state index contributed by atoms with van der Waals surface area (Å²) in [4.78, 5) is 10.6. The van der Waals surface area contributed by atoms with Crippen molar-refractivity contribution in [3.8, 4) is 6.07 Å². The van der Waals surface area contributed by atoms with Crippen LogP contribution in [0.4, 0.5) is 5.00 Å². The van der Waals surface area contributed by atoms with Gasteiger partial charge in [0, 0.05) is 6.92 Å². The van der Waals surface area contributed by atoms with E-state index in [4.69, 9.17) is 16.9 Å². The minimum absolute atomic E-state index is 0.131. The van der Waals surface area contributed by atoms with Gasteiger partial charge in [0.25, 0.3) is 0 Å². The molecule has 0 fully saturated rings. The van der Waals surface area contributed by atoms with E-state index in [-0.39, 0.29) is 16.6 Å². The summed E-state index contributed by atoms with van der Waals surface area (Å²) in [7, 11) is 0. The number of carbonyl (C=O) groups excluding carboxylic acids is 1. The van der Waals surface area contributed by atoms with Gasteiger partial charge in [0.2, 0.25) is 5.91 Å². The zero-order chi connectivity index (χ0) is 9.14. The molecule has 62 valence electrons. The van der Waals surface area contributed by atoms with Crippen LogP contribution in [0.2, 0.25) is 5.15 Å². The molecule has 1 aromatic rings. The van der Waals surface area contributed by atoms with Crippen LogP contribution >= 0.6 is 23.1 Å². The molecule has 0 atom stereocenters. The Morgan fingerprint density at radius 3 is 3.00 bits per heavy atom. The van der Waals surface area contributed by atoms with Crippen LogP contribution in [0.15, 0.2) is 0 Å². The fraction of sp³-hybridized carbons (Fsp3) is 0.167. The second kappa shape index (κ2) is 3.52. The molecule has 0 aromatic carbocycles. The monoisotopic (exact) mass is 201 g/mol. The molecular formula is C6H4ClN3OS. The van der Waals surface area contributed by atoms with Gasteiger partial charge in [0.05, 0.1) is 0 Å². The molecule has 1 heterocycles. The van der Waals surface area contributed by atoms with E-state index in [0.717, 1.165) is 11.5 Å². The van der Waals surface area contributed by atoms with E-state index in [1.165, 1.54) is 6.92 Å². The summed E-state index contributed by atoms with van der Waals surface area (Å²) in [6.45, 7) is 1.36. The summed E-state index contributed by atoms with van der Waals surface area (Å²) < 4.78 is 3.71. The Kier molecular flexibility index (Phi) is 2.63. The molecule has 1 N–H and O–H groups in total. The van der Waals surface area contributed by atoms with E-state index in [9.17, 15) is 4.79 Å². The van der Waals surface area contributed by atoms with Crippen LogP contribution in [0.1, 0.15) is 12.5 Å². The van der Waals surface area contributed by atoms with E-state index in [1.807, 2.05) is 6.07 Å². The minimum atomic E-state index is -0.244. The molecule has 1 aromatic heterocycles. The van der Waals surface area contributed by atoms with E-state index in [0.29, 0.717) is 5.00 Å². The van der Waals surface area contributed by atoms with Crippen LogP contribution in [-0.2, 0) is 4.79 Å². The number of hydrogen-bond donors (Lipinski definition) is 1. The first-order chi connectivity index (χ1) is 5.65. The normalized spacial score (nSPS) is 9.08. The fourth-order valence-corrected chi connectivity index (χ4v) is 1.59. The highest BCUT2D eigenvalue weighted by atomic mass is 35.5. The number of carbonyl (C=O) groups is 1. The Labute approximate surface area is 77.9 Å². The molecule has 6 heteroatoms. The number of anilines is 1. The van der Waals surface area contributed by atoms with Gasteiger partial charge in [-0.2, -0.15) is 9.64 Å². The zero-order valence-electron chi connectivity index (χ0n) is 6.09. The van der Waals surface area contributed by atoms with E-state index < -0.39 is 0 Å². The molecule has 1 rings (SSSR count). The van der Waals surface area contributed by atoms with Crippen molar-refractivity contribution in [2.75, 3.05) is 5.32 Å². The molecule has 0 spiro atoms. The molecule has 0 saturated carbocycles. The second-order valence-corrected chi connectivity index (χ2v) is 3.10. The molecule has 0 saturated heterocycles. The number of halogens is 1. The Hall–Kier alpha value is -1.12. The summed E-state index contributed by atoms with van der Waals surface area (Å²) in [6.07, 6.45) is 0. The molecule has 4 nitrogen and oxygen atoms in total. The van der Waals surface area contributed by atoms with Crippen LogP contribution in [0, 0.1) is 11.3 Å². The third kappa shape index (κ3) is 1.72. The third-order valence-corrected chi connectivity index (χ3v) is 2.19. The smallest absolute Gasteiger partial charge is 0.221 e. The largest absolute Gasteiger partial charge is 0.316 e. The first-order valence-corrected chi connectivity index (χ1v) is 4.13. The second-order valence-electron chi connectivity index (χ2n) is 1.97. The van der Waals surface area contributed by atoms with Gasteiger partial charge in [-0.1, -0.05) is 11.6 Å². The summed E-state index contributed by atoms with van der Waals surface area (Å²) in [5.41, 5.74) is 0.219. The summed E-state index contributed by atoms with van der Waals surface area (Å²) in [5, 5.41) is 11.6. The Balaban J connectivity index is 3.01. The van der Waals surface area contributed by atoms with Crippen molar-refractivity contribution in [2.24, 2.45) is 0 Å². The number of rotatable bonds is 1. The average Bonchev–Trinajstić information content (AvgIpc) is 2.30. The van der Waals surface area contributed by atoms with Crippen molar-refractivity contribution in [3.05, 3.63) is 10.7 Å². The third-order valence-electron chi connectivity index (χ3n) is 1.05. The topological polar surface area (TPSA) is 65.8 Å². The van der Waals surface area contributed by atoms with Crippen molar-refractivity contribution in [2.45, 2.75) is 6.92 Å². The molecule has 0 aliphatic carbocycles. The van der Waals surface area contributed by atoms with Crippen LogP contribution in [-0.4, -0.2) is 10.3 Å². The van der Waals surface area contributed by atoms with Gasteiger partial charge in [-0.15, -0.1) is 0 Å². The minimum Gasteiger partial charge on any atom is -0.316 e. The van der Waals surface area contributed by atoms with Crippen LogP contribution in [0.5, 0.6) is 0 Å². The average molecular weight is 202 g/mol. The van der Waals surface area contributed by atoms with Gasteiger partial charge in [-0.25, -0.2) is 0 Å². The summed E-state index contributed by atoms with van der Waals surface area (Å²) in [5.74, 6) is -0.244. The van der Waals surface area contributed by atoms with Crippen molar-refractivity contribution in [1.29, 1.82) is 5.26 Å². The van der Waals surface area contributed by atoms with Crippen molar-refractivity contribution < 1.29 is 4.79 Å². The maximum absolute atomic E-state index is 10.6. The van der Waals surface area contributed by atoms with Crippen LogP contribution in [0.25, 0.3) is 0 Å². The first kappa shape index (κ1) is 8.97. The summed E-state index contributed by atoms with van der Waals surface area (Å²) >= 11 is 6.55. The molecular weight excluding hydrogens is 198 g/mol. The highest BCUT2D eigenvalue weighted by Crippen LogP contribution is 2.27. The molecule has 0 aliphatic heterocycles. The maximum Gasteiger partial charge on any atom is 0.221 e. The SMILES string of the molecule is CC(=O)Nc1snc(Cl)c1C#N. The van der Waals surface area contributed by atoms with E-state index in [1.54, 1.807) is 0 Å². The first-order valence-electron chi connectivity index (χ1n) is 2.98. The van der Waals surface area contributed by atoms with Gasteiger partial charge in [0.15, 0.2) is 5.15 Å². The van der Waals surface area contributed by atoms with Crippen molar-refractivity contribution in [1.82, 2.24) is 4.37 Å². The molecule has 12 heavy (non-hydrogen) atoms.